The lowest BCUT2D eigenvalue weighted by Gasteiger charge is -2.05. The molecule has 7 heteroatoms. The van der Waals surface area contributed by atoms with Gasteiger partial charge in [-0.3, -0.25) is 10.1 Å². The standard InChI is InChI=1S/C4H7F3N2OS/c5-4(6,7)10-1-2-11-3(8)9/h1-2H2,(H3,8,9). The molecular weight excluding hydrogens is 181 g/mol. The summed E-state index contributed by atoms with van der Waals surface area (Å²) in [7, 11) is 0. The number of halogens is 3. The smallest absolute Gasteiger partial charge is 0.379 e. The van der Waals surface area contributed by atoms with Crippen LogP contribution in [0, 0.1) is 5.41 Å². The van der Waals surface area contributed by atoms with Crippen molar-refractivity contribution in [2.24, 2.45) is 5.73 Å². The van der Waals surface area contributed by atoms with E-state index in [0.29, 0.717) is 0 Å². The summed E-state index contributed by atoms with van der Waals surface area (Å²) in [4.78, 5) is 0. The summed E-state index contributed by atoms with van der Waals surface area (Å²) >= 11 is 0.808. The average molecular weight is 188 g/mol. The van der Waals surface area contributed by atoms with Crippen molar-refractivity contribution in [2.45, 2.75) is 6.36 Å². The fourth-order valence-electron chi connectivity index (χ4n) is 0.309. The number of nitrogens with one attached hydrogen (secondary N) is 1. The van der Waals surface area contributed by atoms with Gasteiger partial charge in [0.25, 0.3) is 0 Å². The van der Waals surface area contributed by atoms with Crippen LogP contribution in [-0.4, -0.2) is 23.9 Å². The highest BCUT2D eigenvalue weighted by molar-refractivity contribution is 8.13. The van der Waals surface area contributed by atoms with Gasteiger partial charge in [-0.1, -0.05) is 11.8 Å². The molecule has 0 aliphatic carbocycles. The Balaban J connectivity index is 3.22. The average Bonchev–Trinajstić information content (AvgIpc) is 1.78. The Bertz CT molecular complexity index is 138. The zero-order valence-electron chi connectivity index (χ0n) is 5.44. The van der Waals surface area contributed by atoms with E-state index in [1.165, 1.54) is 0 Å². The summed E-state index contributed by atoms with van der Waals surface area (Å²) in [6, 6.07) is 0. The SMILES string of the molecule is N=C(N)SCCOC(F)(F)F. The van der Waals surface area contributed by atoms with Crippen LogP contribution in [0.3, 0.4) is 0 Å². The molecule has 0 heterocycles. The zero-order valence-corrected chi connectivity index (χ0v) is 6.26. The van der Waals surface area contributed by atoms with Gasteiger partial charge in [0.05, 0.1) is 6.61 Å². The number of rotatable bonds is 3. The van der Waals surface area contributed by atoms with Crippen LogP contribution in [0.4, 0.5) is 13.2 Å². The Labute approximate surface area is 65.6 Å². The first-order valence-corrected chi connectivity index (χ1v) is 3.58. The van der Waals surface area contributed by atoms with Gasteiger partial charge in [-0.15, -0.1) is 13.2 Å². The molecule has 0 aromatic carbocycles. The van der Waals surface area contributed by atoms with Crippen molar-refractivity contribution in [3.63, 3.8) is 0 Å². The van der Waals surface area contributed by atoms with E-state index in [4.69, 9.17) is 11.1 Å². The second-order valence-corrected chi connectivity index (χ2v) is 2.64. The molecule has 0 unspecified atom stereocenters. The molecule has 0 spiro atoms. The maximum absolute atomic E-state index is 11.3. The number of nitrogens with two attached hydrogens (primary N) is 1. The fraction of sp³-hybridized carbons (Fsp3) is 0.750. The molecule has 0 bridgehead atoms. The highest BCUT2D eigenvalue weighted by atomic mass is 32.2. The molecule has 0 atom stereocenters. The molecule has 0 amide bonds. The van der Waals surface area contributed by atoms with E-state index in [0.717, 1.165) is 11.8 Å². The third kappa shape index (κ3) is 9.57. The molecule has 0 radical (unpaired) electrons. The molecule has 0 saturated heterocycles. The topological polar surface area (TPSA) is 59.1 Å². The van der Waals surface area contributed by atoms with Crippen molar-refractivity contribution in [2.75, 3.05) is 12.4 Å². The molecule has 0 rings (SSSR count). The molecule has 0 aromatic heterocycles. The number of hydrogen-bond acceptors (Lipinski definition) is 3. The molecule has 0 saturated carbocycles. The summed E-state index contributed by atoms with van der Waals surface area (Å²) in [5.74, 6) is 0.0366. The van der Waals surface area contributed by atoms with E-state index in [1.807, 2.05) is 0 Å². The van der Waals surface area contributed by atoms with E-state index < -0.39 is 13.0 Å². The van der Waals surface area contributed by atoms with Crippen molar-refractivity contribution in [1.29, 1.82) is 5.41 Å². The minimum Gasteiger partial charge on any atom is -0.379 e. The molecule has 0 aliphatic heterocycles. The number of amidine groups is 1. The Morgan fingerprint density at radius 3 is 2.45 bits per heavy atom. The van der Waals surface area contributed by atoms with Gasteiger partial charge in [-0.05, 0) is 0 Å². The molecule has 66 valence electrons. The van der Waals surface area contributed by atoms with Gasteiger partial charge in [0.15, 0.2) is 5.17 Å². The Hall–Kier alpha value is -0.430. The summed E-state index contributed by atoms with van der Waals surface area (Å²) in [6.45, 7) is -0.478. The van der Waals surface area contributed by atoms with Crippen LogP contribution in [0.2, 0.25) is 0 Å². The van der Waals surface area contributed by atoms with Crippen molar-refractivity contribution in [3.8, 4) is 0 Å². The molecule has 11 heavy (non-hydrogen) atoms. The van der Waals surface area contributed by atoms with Gasteiger partial charge < -0.3 is 5.73 Å². The second-order valence-electron chi connectivity index (χ2n) is 1.51. The lowest BCUT2D eigenvalue weighted by molar-refractivity contribution is -0.322. The lowest BCUT2D eigenvalue weighted by Crippen LogP contribution is -2.16. The first-order chi connectivity index (χ1) is 4.92. The minimum atomic E-state index is -4.59. The maximum Gasteiger partial charge on any atom is 0.522 e. The largest absolute Gasteiger partial charge is 0.522 e. The predicted octanol–water partition coefficient (Wildman–Crippen LogP) is 1.15. The lowest BCUT2D eigenvalue weighted by atomic mass is 10.9. The number of alkyl halides is 3. The highest BCUT2D eigenvalue weighted by Gasteiger charge is 2.28. The van der Waals surface area contributed by atoms with Crippen LogP contribution in [0.1, 0.15) is 0 Å². The summed E-state index contributed by atoms with van der Waals surface area (Å²) < 4.78 is 37.2. The first-order valence-electron chi connectivity index (χ1n) is 2.59. The molecule has 0 aliphatic rings. The minimum absolute atomic E-state index is 0.0366. The van der Waals surface area contributed by atoms with Crippen molar-refractivity contribution >= 4 is 16.9 Å². The van der Waals surface area contributed by atoms with E-state index in [9.17, 15) is 13.2 Å². The molecular formula is C4H7F3N2OS. The van der Waals surface area contributed by atoms with Gasteiger partial charge in [-0.25, -0.2) is 0 Å². The Morgan fingerprint density at radius 1 is 1.55 bits per heavy atom. The summed E-state index contributed by atoms with van der Waals surface area (Å²) in [5.41, 5.74) is 4.85. The van der Waals surface area contributed by atoms with E-state index in [-0.39, 0.29) is 10.9 Å². The Kier molecular flexibility index (Phi) is 4.27. The van der Waals surface area contributed by atoms with Gasteiger partial charge in [0.1, 0.15) is 0 Å². The second kappa shape index (κ2) is 4.45. The first kappa shape index (κ1) is 10.6. The third-order valence-electron chi connectivity index (χ3n) is 0.607. The number of thioether (sulfide) groups is 1. The van der Waals surface area contributed by atoms with Crippen LogP contribution >= 0.6 is 11.8 Å². The fourth-order valence-corrected chi connectivity index (χ4v) is 0.696. The predicted molar refractivity (Wildman–Crippen MR) is 36.4 cm³/mol. The van der Waals surface area contributed by atoms with Gasteiger partial charge in [0.2, 0.25) is 0 Å². The maximum atomic E-state index is 11.3. The molecule has 3 nitrogen and oxygen atoms in total. The van der Waals surface area contributed by atoms with E-state index in [1.54, 1.807) is 0 Å². The van der Waals surface area contributed by atoms with Crippen LogP contribution in [-0.2, 0) is 4.74 Å². The molecule has 0 fully saturated rings. The van der Waals surface area contributed by atoms with Gasteiger partial charge in [-0.2, -0.15) is 0 Å². The normalized spacial score (nSPS) is 11.5. The van der Waals surface area contributed by atoms with Gasteiger partial charge in [0, 0.05) is 5.75 Å². The third-order valence-corrected chi connectivity index (χ3v) is 1.29. The van der Waals surface area contributed by atoms with E-state index >= 15 is 0 Å². The van der Waals surface area contributed by atoms with E-state index in [2.05, 4.69) is 4.74 Å². The number of ether oxygens (including phenoxy) is 1. The van der Waals surface area contributed by atoms with Crippen LogP contribution in [0.5, 0.6) is 0 Å². The van der Waals surface area contributed by atoms with Crippen LogP contribution in [0.25, 0.3) is 0 Å². The monoisotopic (exact) mass is 188 g/mol. The van der Waals surface area contributed by atoms with Crippen molar-refractivity contribution < 1.29 is 17.9 Å². The van der Waals surface area contributed by atoms with Crippen molar-refractivity contribution in [1.82, 2.24) is 0 Å². The van der Waals surface area contributed by atoms with Gasteiger partial charge >= 0.3 is 6.36 Å². The van der Waals surface area contributed by atoms with Crippen LogP contribution < -0.4 is 5.73 Å². The molecule has 3 N–H and O–H groups in total. The molecule has 0 aromatic rings. The zero-order chi connectivity index (χ0) is 8.91. The van der Waals surface area contributed by atoms with Crippen molar-refractivity contribution in [3.05, 3.63) is 0 Å². The number of hydrogen-bond donors (Lipinski definition) is 2. The van der Waals surface area contributed by atoms with Crippen LogP contribution in [0.15, 0.2) is 0 Å². The Morgan fingerprint density at radius 2 is 2.09 bits per heavy atom. The quantitative estimate of drug-likeness (QED) is 0.397. The summed E-state index contributed by atoms with van der Waals surface area (Å²) in [5, 5.41) is 6.42. The summed E-state index contributed by atoms with van der Waals surface area (Å²) in [6.07, 6.45) is -4.59. The highest BCUT2D eigenvalue weighted by Crippen LogP contribution is 2.16.